The molecule has 5 unspecified atom stereocenters. The van der Waals surface area contributed by atoms with E-state index in [1.165, 1.54) is 38.5 Å². The number of carboxylic acid groups (broad SMARTS) is 1. The summed E-state index contributed by atoms with van der Waals surface area (Å²) in [5, 5.41) is 11.0. The lowest BCUT2D eigenvalue weighted by Gasteiger charge is -2.39. The SMILES string of the molecule is CCC(=CC1=[N+](CC(=O)O)C2CCCCC2S1)C=C1OC2CCC(C3CCCCC3)CC2N1CCS(=O)(=O)[O-]. The molecule has 5 rings (SSSR count). The van der Waals surface area contributed by atoms with Gasteiger partial charge in [-0.3, -0.25) is 0 Å². The van der Waals surface area contributed by atoms with Crippen molar-refractivity contribution in [2.75, 3.05) is 18.8 Å². The number of hydrogen-bond acceptors (Lipinski definition) is 7. The predicted octanol–water partition coefficient (Wildman–Crippen LogP) is 4.71. The third kappa shape index (κ3) is 7.04. The van der Waals surface area contributed by atoms with Crippen LogP contribution in [0, 0.1) is 11.8 Å². The fourth-order valence-corrected chi connectivity index (χ4v) is 9.63. The van der Waals surface area contributed by atoms with Crippen molar-refractivity contribution in [3.8, 4) is 0 Å². The molecule has 2 aliphatic heterocycles. The predicted molar refractivity (Wildman–Crippen MR) is 152 cm³/mol. The maximum absolute atomic E-state index is 11.7. The fraction of sp³-hybridized carbons (Fsp3) is 0.793. The van der Waals surface area contributed by atoms with Crippen molar-refractivity contribution < 1.29 is 32.2 Å². The molecule has 1 saturated heterocycles. The molecule has 0 aromatic rings. The minimum absolute atomic E-state index is 0.00422. The molecule has 0 aromatic carbocycles. The summed E-state index contributed by atoms with van der Waals surface area (Å²) in [6, 6.07) is 0.356. The van der Waals surface area contributed by atoms with Crippen molar-refractivity contribution in [1.29, 1.82) is 0 Å². The van der Waals surface area contributed by atoms with E-state index in [9.17, 15) is 22.9 Å². The number of thioether (sulfide) groups is 1. The highest BCUT2D eigenvalue weighted by atomic mass is 32.2. The van der Waals surface area contributed by atoms with E-state index < -0.39 is 21.8 Å². The number of aliphatic carboxylic acids is 1. The molecule has 8 nitrogen and oxygen atoms in total. The first-order chi connectivity index (χ1) is 18.7. The van der Waals surface area contributed by atoms with E-state index in [1.807, 2.05) is 6.08 Å². The van der Waals surface area contributed by atoms with E-state index in [0.29, 0.717) is 17.1 Å². The van der Waals surface area contributed by atoms with Gasteiger partial charge in [0.1, 0.15) is 6.10 Å². The van der Waals surface area contributed by atoms with Gasteiger partial charge in [-0.15, -0.1) is 0 Å². The van der Waals surface area contributed by atoms with Gasteiger partial charge in [-0.1, -0.05) is 45.4 Å². The third-order valence-corrected chi connectivity index (χ3v) is 11.7. The largest absolute Gasteiger partial charge is 0.748 e. The van der Waals surface area contributed by atoms with Gasteiger partial charge in [-0.05, 0) is 67.7 Å². The van der Waals surface area contributed by atoms with Gasteiger partial charge in [0.05, 0.1) is 27.2 Å². The second-order valence-corrected chi connectivity index (χ2v) is 14.9. The number of ether oxygens (including phenoxy) is 1. The molecule has 3 saturated carbocycles. The van der Waals surface area contributed by atoms with E-state index in [1.54, 1.807) is 11.8 Å². The van der Waals surface area contributed by atoms with E-state index in [4.69, 9.17) is 4.74 Å². The molecule has 218 valence electrons. The third-order valence-electron chi connectivity index (χ3n) is 9.60. The summed E-state index contributed by atoms with van der Waals surface area (Å²) in [6.45, 7) is 2.23. The van der Waals surface area contributed by atoms with Crippen molar-refractivity contribution in [1.82, 2.24) is 4.90 Å². The van der Waals surface area contributed by atoms with Crippen LogP contribution < -0.4 is 0 Å². The minimum atomic E-state index is -4.35. The Hall–Kier alpha value is -1.52. The molecule has 4 fully saturated rings. The van der Waals surface area contributed by atoms with Gasteiger partial charge in [0.2, 0.25) is 11.6 Å². The quantitative estimate of drug-likeness (QED) is 0.308. The maximum Gasteiger partial charge on any atom is 0.369 e. The van der Waals surface area contributed by atoms with Crippen LogP contribution in [0.25, 0.3) is 0 Å². The molecule has 0 aromatic heterocycles. The van der Waals surface area contributed by atoms with Crippen LogP contribution in [0.5, 0.6) is 0 Å². The lowest BCUT2D eigenvalue weighted by atomic mass is 9.71. The Bertz CT molecular complexity index is 1110. The normalized spacial score (nSPS) is 33.3. The van der Waals surface area contributed by atoms with Gasteiger partial charge in [-0.25, -0.2) is 17.8 Å². The summed E-state index contributed by atoms with van der Waals surface area (Å²) >= 11 is 1.80. The average Bonchev–Trinajstić information content (AvgIpc) is 3.43. The standard InChI is InChI=1S/C29H44N2O6S2/c1-2-20(17-28-31(19-29(32)33)23-10-6-7-11-26(23)38-28)16-27-30(14-15-39(34,35)36)24-18-22(12-13-25(24)37-27)21-8-4-3-5-9-21/h16-17,21-26H,2-15,18-19H2,1H3,(H-,32,33,34,35,36). The number of carbonyl (C=O) groups is 1. The Morgan fingerprint density at radius 3 is 2.56 bits per heavy atom. The molecule has 0 spiro atoms. The molecule has 39 heavy (non-hydrogen) atoms. The van der Waals surface area contributed by atoms with E-state index in [0.717, 1.165) is 61.5 Å². The summed E-state index contributed by atoms with van der Waals surface area (Å²) in [4.78, 5) is 13.7. The first-order valence-corrected chi connectivity index (χ1v) is 17.5. The van der Waals surface area contributed by atoms with Crippen LogP contribution in [0.1, 0.15) is 90.4 Å². The highest BCUT2D eigenvalue weighted by Crippen LogP contribution is 2.44. The van der Waals surface area contributed by atoms with Crippen molar-refractivity contribution in [3.05, 3.63) is 23.6 Å². The Morgan fingerprint density at radius 1 is 1.10 bits per heavy atom. The van der Waals surface area contributed by atoms with Crippen LogP contribution in [0.15, 0.2) is 23.6 Å². The maximum atomic E-state index is 11.7. The first-order valence-electron chi connectivity index (χ1n) is 15.0. The summed E-state index contributed by atoms with van der Waals surface area (Å²) in [6.07, 6.45) is 18.9. The van der Waals surface area contributed by atoms with Crippen LogP contribution in [-0.4, -0.2) is 80.8 Å². The van der Waals surface area contributed by atoms with Crippen LogP contribution >= 0.6 is 11.8 Å². The highest BCUT2D eigenvalue weighted by molar-refractivity contribution is 8.14. The Morgan fingerprint density at radius 2 is 1.85 bits per heavy atom. The van der Waals surface area contributed by atoms with Crippen LogP contribution in [-0.2, 0) is 19.6 Å². The van der Waals surface area contributed by atoms with Crippen molar-refractivity contribution in [2.24, 2.45) is 11.8 Å². The van der Waals surface area contributed by atoms with Gasteiger partial charge in [0.15, 0.2) is 11.9 Å². The van der Waals surface area contributed by atoms with E-state index in [-0.39, 0.29) is 31.3 Å². The molecule has 10 heteroatoms. The zero-order chi connectivity index (χ0) is 27.6. The molecular weight excluding hydrogens is 536 g/mol. The molecule has 1 N–H and O–H groups in total. The fourth-order valence-electron chi connectivity index (χ4n) is 7.62. The molecule has 3 aliphatic carbocycles. The number of carboxylic acids is 1. The molecule has 5 atom stereocenters. The highest BCUT2D eigenvalue weighted by Gasteiger charge is 2.46. The Kier molecular flexibility index (Phi) is 9.33. The van der Waals surface area contributed by atoms with Crippen LogP contribution in [0.2, 0.25) is 0 Å². The smallest absolute Gasteiger partial charge is 0.369 e. The number of hydrogen-bond donors (Lipinski definition) is 1. The summed E-state index contributed by atoms with van der Waals surface area (Å²) in [5.74, 6) is 0.782. The number of nitrogens with zero attached hydrogens (tertiary/aromatic N) is 2. The second-order valence-electron chi connectivity index (χ2n) is 12.1. The van der Waals surface area contributed by atoms with Crippen molar-refractivity contribution in [2.45, 2.75) is 114 Å². The molecular formula is C29H44N2O6S2. The average molecular weight is 581 g/mol. The first kappa shape index (κ1) is 29.0. The zero-order valence-corrected chi connectivity index (χ0v) is 24.8. The zero-order valence-electron chi connectivity index (χ0n) is 23.1. The summed E-state index contributed by atoms with van der Waals surface area (Å²) < 4.78 is 43.4. The van der Waals surface area contributed by atoms with E-state index in [2.05, 4.69) is 22.5 Å². The second kappa shape index (κ2) is 12.6. The van der Waals surface area contributed by atoms with Gasteiger partial charge in [-0.2, -0.15) is 0 Å². The van der Waals surface area contributed by atoms with Crippen molar-refractivity contribution >= 4 is 32.9 Å². The monoisotopic (exact) mass is 580 g/mol. The minimum Gasteiger partial charge on any atom is -0.748 e. The van der Waals surface area contributed by atoms with Crippen molar-refractivity contribution in [3.63, 3.8) is 0 Å². The number of allylic oxidation sites excluding steroid dienone is 2. The van der Waals surface area contributed by atoms with E-state index >= 15 is 0 Å². The lowest BCUT2D eigenvalue weighted by molar-refractivity contribution is -0.552. The summed E-state index contributed by atoms with van der Waals surface area (Å²) in [7, 11) is -4.35. The number of rotatable bonds is 9. The topological polar surface area (TPSA) is 110 Å². The Labute approximate surface area is 237 Å². The van der Waals surface area contributed by atoms with Crippen LogP contribution in [0.3, 0.4) is 0 Å². The molecule has 5 aliphatic rings. The Balaban J connectivity index is 1.41. The lowest BCUT2D eigenvalue weighted by Crippen LogP contribution is -2.43. The number of fused-ring (bicyclic) bond motifs is 2. The van der Waals surface area contributed by atoms with Gasteiger partial charge in [0, 0.05) is 25.1 Å². The molecule has 2 heterocycles. The molecule has 0 amide bonds. The van der Waals surface area contributed by atoms with Gasteiger partial charge >= 0.3 is 5.97 Å². The molecule has 0 bridgehead atoms. The summed E-state index contributed by atoms with van der Waals surface area (Å²) in [5.41, 5.74) is 1.03. The van der Waals surface area contributed by atoms with Crippen LogP contribution in [0.4, 0.5) is 0 Å². The van der Waals surface area contributed by atoms with Gasteiger partial charge < -0.3 is 19.3 Å². The van der Waals surface area contributed by atoms with Gasteiger partial charge in [0.25, 0.3) is 0 Å². The molecule has 0 radical (unpaired) electrons.